The maximum absolute atomic E-state index is 11.5. The van der Waals surface area contributed by atoms with Crippen molar-refractivity contribution in [3.8, 4) is 0 Å². The van der Waals surface area contributed by atoms with Gasteiger partial charge in [0.1, 0.15) is 6.33 Å². The normalized spacial score (nSPS) is 10.6. The van der Waals surface area contributed by atoms with E-state index in [4.69, 9.17) is 4.74 Å². The van der Waals surface area contributed by atoms with E-state index in [0.29, 0.717) is 13.2 Å². The van der Waals surface area contributed by atoms with Crippen LogP contribution in [0.15, 0.2) is 48.8 Å². The highest BCUT2D eigenvalue weighted by Gasteiger charge is 2.23. The summed E-state index contributed by atoms with van der Waals surface area (Å²) < 4.78 is 4.95. The van der Waals surface area contributed by atoms with Crippen molar-refractivity contribution in [1.29, 1.82) is 0 Å². The molecule has 0 amide bonds. The zero-order valence-electron chi connectivity index (χ0n) is 13.6. The smallest absolute Gasteiger partial charge is 0.353 e. The fourth-order valence-electron chi connectivity index (χ4n) is 2.51. The Hall–Kier alpha value is -3.26. The van der Waals surface area contributed by atoms with Crippen molar-refractivity contribution in [3.63, 3.8) is 0 Å². The molecule has 1 heterocycles. The number of nitro groups is 1. The van der Waals surface area contributed by atoms with Crippen LogP contribution in [0.1, 0.15) is 0 Å². The quantitative estimate of drug-likeness (QED) is 0.386. The second kappa shape index (κ2) is 7.54. The average molecular weight is 339 g/mol. The van der Waals surface area contributed by atoms with E-state index in [2.05, 4.69) is 20.6 Å². The van der Waals surface area contributed by atoms with Crippen molar-refractivity contribution >= 4 is 33.8 Å². The molecular weight excluding hydrogens is 322 g/mol. The third-order valence-corrected chi connectivity index (χ3v) is 3.65. The molecule has 0 atom stereocenters. The summed E-state index contributed by atoms with van der Waals surface area (Å²) in [6.45, 7) is 0.815. The summed E-state index contributed by atoms with van der Waals surface area (Å²) in [6, 6.07) is 13.5. The third-order valence-electron chi connectivity index (χ3n) is 3.65. The molecule has 0 saturated heterocycles. The lowest BCUT2D eigenvalue weighted by Gasteiger charge is -2.11. The number of anilines is 3. The second-order valence-corrected chi connectivity index (χ2v) is 5.25. The van der Waals surface area contributed by atoms with E-state index in [1.807, 2.05) is 42.5 Å². The van der Waals surface area contributed by atoms with Crippen LogP contribution in [-0.2, 0) is 4.74 Å². The minimum atomic E-state index is -0.497. The number of methoxy groups -OCH3 is 1. The summed E-state index contributed by atoms with van der Waals surface area (Å²) in [5.41, 5.74) is 0.536. The van der Waals surface area contributed by atoms with Gasteiger partial charge in [-0.05, 0) is 11.5 Å². The van der Waals surface area contributed by atoms with Crippen LogP contribution in [0.3, 0.4) is 0 Å². The monoisotopic (exact) mass is 339 g/mol. The zero-order valence-corrected chi connectivity index (χ0v) is 13.6. The Morgan fingerprint density at radius 1 is 1.12 bits per heavy atom. The number of fused-ring (bicyclic) bond motifs is 1. The lowest BCUT2D eigenvalue weighted by molar-refractivity contribution is -0.383. The second-order valence-electron chi connectivity index (χ2n) is 5.25. The molecule has 0 aliphatic carbocycles. The maximum Gasteiger partial charge on any atom is 0.353 e. The fraction of sp³-hybridized carbons (Fsp3) is 0.176. The van der Waals surface area contributed by atoms with Crippen molar-refractivity contribution in [2.45, 2.75) is 0 Å². The van der Waals surface area contributed by atoms with Crippen molar-refractivity contribution in [2.24, 2.45) is 0 Å². The van der Waals surface area contributed by atoms with Gasteiger partial charge in [0, 0.05) is 24.7 Å². The van der Waals surface area contributed by atoms with Crippen LogP contribution in [0.4, 0.5) is 23.0 Å². The van der Waals surface area contributed by atoms with E-state index in [1.165, 1.54) is 6.33 Å². The molecule has 8 heteroatoms. The van der Waals surface area contributed by atoms with Gasteiger partial charge in [0.05, 0.1) is 11.5 Å². The van der Waals surface area contributed by atoms with Gasteiger partial charge in [-0.25, -0.2) is 9.97 Å². The maximum atomic E-state index is 11.5. The van der Waals surface area contributed by atoms with E-state index in [0.717, 1.165) is 16.5 Å². The van der Waals surface area contributed by atoms with Gasteiger partial charge in [-0.2, -0.15) is 0 Å². The van der Waals surface area contributed by atoms with E-state index in [9.17, 15) is 10.1 Å². The lowest BCUT2D eigenvalue weighted by Crippen LogP contribution is -2.12. The molecule has 0 unspecified atom stereocenters. The molecule has 0 aliphatic rings. The number of nitrogens with one attached hydrogen (secondary N) is 2. The molecule has 8 nitrogen and oxygen atoms in total. The zero-order chi connectivity index (χ0) is 17.6. The molecule has 3 aromatic rings. The van der Waals surface area contributed by atoms with Crippen molar-refractivity contribution < 1.29 is 9.66 Å². The van der Waals surface area contributed by atoms with E-state index in [-0.39, 0.29) is 17.3 Å². The molecule has 25 heavy (non-hydrogen) atoms. The van der Waals surface area contributed by atoms with Crippen molar-refractivity contribution in [3.05, 3.63) is 58.9 Å². The molecule has 2 N–H and O–H groups in total. The summed E-state index contributed by atoms with van der Waals surface area (Å²) in [6.07, 6.45) is 1.29. The number of benzene rings is 2. The SMILES string of the molecule is COCCNc1ncnc(Nc2cccc3ccccc23)c1[N+](=O)[O-]. The van der Waals surface area contributed by atoms with Crippen LogP contribution in [0.5, 0.6) is 0 Å². The van der Waals surface area contributed by atoms with Crippen LogP contribution >= 0.6 is 0 Å². The van der Waals surface area contributed by atoms with Crippen LogP contribution in [-0.4, -0.2) is 35.2 Å². The molecule has 0 aliphatic heterocycles. The van der Waals surface area contributed by atoms with Gasteiger partial charge < -0.3 is 15.4 Å². The van der Waals surface area contributed by atoms with E-state index >= 15 is 0 Å². The van der Waals surface area contributed by atoms with Gasteiger partial charge in [-0.15, -0.1) is 0 Å². The standard InChI is InChI=1S/C17H17N5O3/c1-25-10-9-18-16-15(22(23)24)17(20-11-19-16)21-14-8-4-6-12-5-2-3-7-13(12)14/h2-8,11H,9-10H2,1H3,(H2,18,19,20,21). The van der Waals surface area contributed by atoms with Crippen molar-refractivity contribution in [1.82, 2.24) is 9.97 Å². The summed E-state index contributed by atoms with van der Waals surface area (Å²) in [5, 5.41) is 19.5. The number of ether oxygens (including phenoxy) is 1. The molecule has 128 valence electrons. The van der Waals surface area contributed by atoms with Gasteiger partial charge in [-0.1, -0.05) is 36.4 Å². The molecule has 2 aromatic carbocycles. The summed E-state index contributed by atoms with van der Waals surface area (Å²) >= 11 is 0. The Bertz CT molecular complexity index is 895. The Morgan fingerprint density at radius 2 is 1.88 bits per heavy atom. The summed E-state index contributed by atoms with van der Waals surface area (Å²) in [4.78, 5) is 19.1. The van der Waals surface area contributed by atoms with Gasteiger partial charge in [-0.3, -0.25) is 10.1 Å². The molecular formula is C17H17N5O3. The summed E-state index contributed by atoms with van der Waals surface area (Å²) in [5.74, 6) is 0.288. The predicted octanol–water partition coefficient (Wildman–Crippen LogP) is 3.34. The number of hydrogen-bond donors (Lipinski definition) is 2. The number of nitrogens with zero attached hydrogens (tertiary/aromatic N) is 3. The van der Waals surface area contributed by atoms with Gasteiger partial charge >= 0.3 is 5.69 Å². The highest BCUT2D eigenvalue weighted by atomic mass is 16.6. The number of hydrogen-bond acceptors (Lipinski definition) is 7. The Balaban J connectivity index is 1.99. The van der Waals surface area contributed by atoms with Crippen LogP contribution in [0.25, 0.3) is 10.8 Å². The van der Waals surface area contributed by atoms with Crippen molar-refractivity contribution in [2.75, 3.05) is 30.9 Å². The predicted molar refractivity (Wildman–Crippen MR) is 96.3 cm³/mol. The number of aromatic nitrogens is 2. The van der Waals surface area contributed by atoms with Gasteiger partial charge in [0.25, 0.3) is 0 Å². The van der Waals surface area contributed by atoms with E-state index < -0.39 is 4.92 Å². The first-order chi connectivity index (χ1) is 12.2. The highest BCUT2D eigenvalue weighted by molar-refractivity contribution is 5.95. The summed E-state index contributed by atoms with van der Waals surface area (Å²) in [7, 11) is 1.56. The molecule has 3 rings (SSSR count). The average Bonchev–Trinajstić information content (AvgIpc) is 2.62. The molecule has 0 bridgehead atoms. The Morgan fingerprint density at radius 3 is 2.68 bits per heavy atom. The highest BCUT2D eigenvalue weighted by Crippen LogP contribution is 2.33. The molecule has 0 spiro atoms. The molecule has 0 saturated carbocycles. The van der Waals surface area contributed by atoms with Gasteiger partial charge in [0.15, 0.2) is 0 Å². The first-order valence-electron chi connectivity index (χ1n) is 7.67. The molecule has 0 radical (unpaired) electrons. The lowest BCUT2D eigenvalue weighted by atomic mass is 10.1. The first-order valence-corrected chi connectivity index (χ1v) is 7.67. The largest absolute Gasteiger partial charge is 0.383 e. The minimum absolute atomic E-state index is 0.135. The Kier molecular flexibility index (Phi) is 5.00. The van der Waals surface area contributed by atoms with Crippen LogP contribution in [0, 0.1) is 10.1 Å². The Labute approximate surface area is 144 Å². The molecule has 0 fully saturated rings. The molecule has 1 aromatic heterocycles. The minimum Gasteiger partial charge on any atom is -0.383 e. The number of rotatable bonds is 7. The first kappa shape index (κ1) is 16.6. The van der Waals surface area contributed by atoms with Gasteiger partial charge in [0.2, 0.25) is 11.6 Å². The topological polar surface area (TPSA) is 102 Å². The third kappa shape index (κ3) is 3.64. The van der Waals surface area contributed by atoms with Crippen LogP contribution < -0.4 is 10.6 Å². The fourth-order valence-corrected chi connectivity index (χ4v) is 2.51. The van der Waals surface area contributed by atoms with E-state index in [1.54, 1.807) is 7.11 Å². The van der Waals surface area contributed by atoms with Crippen LogP contribution in [0.2, 0.25) is 0 Å².